The van der Waals surface area contributed by atoms with E-state index < -0.39 is 12.3 Å². The third-order valence-corrected chi connectivity index (χ3v) is 8.91. The third kappa shape index (κ3) is 6.12. The number of amides is 1. The fraction of sp³-hybridized carbons (Fsp3) is 0.613. The Hall–Kier alpha value is -2.72. The molecule has 1 saturated heterocycles. The lowest BCUT2D eigenvalue weighted by Crippen LogP contribution is -2.53. The average molecular weight is 552 g/mol. The number of hydrazine groups is 1. The van der Waals surface area contributed by atoms with Crippen LogP contribution in [0.2, 0.25) is 0 Å². The molecule has 40 heavy (non-hydrogen) atoms. The highest BCUT2D eigenvalue weighted by molar-refractivity contribution is 5.95. The van der Waals surface area contributed by atoms with E-state index in [4.69, 9.17) is 4.74 Å². The minimum absolute atomic E-state index is 0.0913. The monoisotopic (exact) mass is 551 g/mol. The molecule has 1 saturated carbocycles. The van der Waals surface area contributed by atoms with Gasteiger partial charge in [-0.3, -0.25) is 4.90 Å². The number of aromatic nitrogens is 1. The van der Waals surface area contributed by atoms with Crippen LogP contribution in [0.1, 0.15) is 83.1 Å². The summed E-state index contributed by atoms with van der Waals surface area (Å²) in [6.07, 6.45) is 11.3. The molecule has 1 aromatic heterocycles. The summed E-state index contributed by atoms with van der Waals surface area (Å²) in [7, 11) is 0. The summed E-state index contributed by atoms with van der Waals surface area (Å²) in [5.74, 6) is 0.465. The number of pyridine rings is 1. The predicted molar refractivity (Wildman–Crippen MR) is 156 cm³/mol. The van der Waals surface area contributed by atoms with Gasteiger partial charge in [0.25, 0.3) is 0 Å². The Morgan fingerprint density at radius 1 is 1.07 bits per heavy atom. The van der Waals surface area contributed by atoms with Crippen LogP contribution in [0, 0.1) is 0 Å². The van der Waals surface area contributed by atoms with Crippen molar-refractivity contribution in [2.45, 2.75) is 95.4 Å². The minimum atomic E-state index is -0.702. The van der Waals surface area contributed by atoms with Crippen molar-refractivity contribution in [1.82, 2.24) is 15.4 Å². The lowest BCUT2D eigenvalue weighted by molar-refractivity contribution is 0.138. The van der Waals surface area contributed by atoms with Gasteiger partial charge in [-0.15, -0.1) is 0 Å². The normalized spacial score (nSPS) is 24.5. The number of nitrogens with zero attached hydrogens (tertiary/aromatic N) is 4. The number of aliphatic hydroxyl groups excluding tert-OH is 2. The summed E-state index contributed by atoms with van der Waals surface area (Å²) >= 11 is 0. The number of hydrogen-bond acceptors (Lipinski definition) is 8. The van der Waals surface area contributed by atoms with Gasteiger partial charge in [0.05, 0.1) is 18.0 Å². The number of aliphatic hydroxyl groups is 2. The van der Waals surface area contributed by atoms with Crippen LogP contribution in [-0.4, -0.2) is 70.3 Å². The highest BCUT2D eigenvalue weighted by Gasteiger charge is 2.46. The molecule has 1 aliphatic carbocycles. The Morgan fingerprint density at radius 2 is 1.80 bits per heavy atom. The van der Waals surface area contributed by atoms with Crippen LogP contribution in [0.5, 0.6) is 5.88 Å². The zero-order valence-corrected chi connectivity index (χ0v) is 24.0. The molecule has 5 rings (SSSR count). The van der Waals surface area contributed by atoms with E-state index in [9.17, 15) is 15.0 Å². The van der Waals surface area contributed by atoms with Gasteiger partial charge in [-0.1, -0.05) is 57.1 Å². The number of carbonyl (C=O) groups excluding carboxylic acids is 1. The average Bonchev–Trinajstić information content (AvgIpc) is 3.30. The highest BCUT2D eigenvalue weighted by atomic mass is 16.6. The molecular weight excluding hydrogens is 506 g/mol. The zero-order valence-electron chi connectivity index (χ0n) is 24.0. The Balaban J connectivity index is 1.52. The van der Waals surface area contributed by atoms with E-state index in [-0.39, 0.29) is 30.0 Å². The number of anilines is 2. The van der Waals surface area contributed by atoms with Crippen LogP contribution in [0.4, 0.5) is 16.2 Å². The van der Waals surface area contributed by atoms with E-state index in [1.54, 1.807) is 36.2 Å². The van der Waals surface area contributed by atoms with Crippen LogP contribution >= 0.6 is 0 Å². The molecular formula is C31H45N5O4. The van der Waals surface area contributed by atoms with Crippen LogP contribution in [0.3, 0.4) is 0 Å². The van der Waals surface area contributed by atoms with E-state index in [0.29, 0.717) is 13.1 Å². The quantitative estimate of drug-likeness (QED) is 0.488. The lowest BCUT2D eigenvalue weighted by Gasteiger charge is -2.44. The SMILES string of the molecule is CC(O)N1c2ccc(C3CN(CCO)NC34CCCCCCCCC4)cc2N(C(=O)Oc2ccccn2)C[C@@H]1C. The molecule has 3 heterocycles. The summed E-state index contributed by atoms with van der Waals surface area (Å²) in [6, 6.07) is 11.5. The van der Waals surface area contributed by atoms with Crippen LogP contribution < -0.4 is 20.0 Å². The first kappa shape index (κ1) is 28.8. The minimum Gasteiger partial charge on any atom is -0.395 e. The Bertz CT molecular complexity index is 1120. The van der Waals surface area contributed by atoms with E-state index in [1.807, 2.05) is 11.8 Å². The third-order valence-electron chi connectivity index (χ3n) is 8.91. The number of hydrogen-bond donors (Lipinski definition) is 3. The zero-order chi connectivity index (χ0) is 28.1. The van der Waals surface area contributed by atoms with Gasteiger partial charge < -0.3 is 19.8 Å². The van der Waals surface area contributed by atoms with Crippen molar-refractivity contribution in [2.75, 3.05) is 36.0 Å². The predicted octanol–water partition coefficient (Wildman–Crippen LogP) is 4.79. The Labute approximate surface area is 238 Å². The first-order chi connectivity index (χ1) is 19.4. The van der Waals surface area contributed by atoms with Gasteiger partial charge in [-0.05, 0) is 50.5 Å². The van der Waals surface area contributed by atoms with Crippen molar-refractivity contribution in [3.63, 3.8) is 0 Å². The van der Waals surface area contributed by atoms with Crippen molar-refractivity contribution in [3.8, 4) is 5.88 Å². The number of rotatable bonds is 5. The standard InChI is InChI=1S/C31H45N5O4/c1-23-21-35(30(39)40-29-12-8-11-17-32-29)28-20-25(13-14-27(28)36(23)24(2)38)26-22-34(18-19-37)33-31(26)15-9-6-4-3-5-7-10-16-31/h8,11-14,17,20,23-24,26,33,37-38H,3-7,9-10,15-16,18-19,21-22H2,1-2H3/t23-,24?,26?/m0/s1. The summed E-state index contributed by atoms with van der Waals surface area (Å²) < 4.78 is 5.68. The van der Waals surface area contributed by atoms with E-state index in [2.05, 4.69) is 33.6 Å². The summed E-state index contributed by atoms with van der Waals surface area (Å²) in [6.45, 7) is 5.64. The number of ether oxygens (including phenoxy) is 1. The summed E-state index contributed by atoms with van der Waals surface area (Å²) in [5.41, 5.74) is 6.49. The number of fused-ring (bicyclic) bond motifs is 1. The van der Waals surface area contributed by atoms with Gasteiger partial charge in [0.2, 0.25) is 5.88 Å². The molecule has 3 aliphatic rings. The second-order valence-corrected chi connectivity index (χ2v) is 11.7. The molecule has 3 atom stereocenters. The first-order valence-electron chi connectivity index (χ1n) is 15.1. The van der Waals surface area contributed by atoms with E-state index in [0.717, 1.165) is 30.8 Å². The molecule has 1 spiro atoms. The second-order valence-electron chi connectivity index (χ2n) is 11.7. The number of nitrogens with one attached hydrogen (secondary N) is 1. The summed E-state index contributed by atoms with van der Waals surface area (Å²) in [5, 5.41) is 22.6. The molecule has 2 aromatic rings. The van der Waals surface area contributed by atoms with Crippen molar-refractivity contribution in [3.05, 3.63) is 48.2 Å². The van der Waals surface area contributed by atoms with Crippen molar-refractivity contribution >= 4 is 17.5 Å². The largest absolute Gasteiger partial charge is 0.421 e. The van der Waals surface area contributed by atoms with Gasteiger partial charge in [0.15, 0.2) is 0 Å². The molecule has 2 unspecified atom stereocenters. The van der Waals surface area contributed by atoms with Gasteiger partial charge in [-0.2, -0.15) is 0 Å². The maximum Gasteiger partial charge on any atom is 0.421 e. The molecule has 9 nitrogen and oxygen atoms in total. The van der Waals surface area contributed by atoms with Crippen LogP contribution in [0.25, 0.3) is 0 Å². The topological polar surface area (TPSA) is 101 Å². The van der Waals surface area contributed by atoms with E-state index >= 15 is 0 Å². The smallest absolute Gasteiger partial charge is 0.395 e. The number of β-amino-alcohol motifs (C(OH)–C–C–N with tert-alkyl or cyclic N) is 1. The van der Waals surface area contributed by atoms with Crippen molar-refractivity contribution < 1.29 is 19.7 Å². The number of carbonyl (C=O) groups is 1. The molecule has 3 N–H and O–H groups in total. The van der Waals surface area contributed by atoms with Gasteiger partial charge in [-0.25, -0.2) is 20.2 Å². The summed E-state index contributed by atoms with van der Waals surface area (Å²) in [4.78, 5) is 21.3. The fourth-order valence-electron chi connectivity index (χ4n) is 7.05. The van der Waals surface area contributed by atoms with Gasteiger partial charge in [0, 0.05) is 49.4 Å². The van der Waals surface area contributed by atoms with Crippen LogP contribution in [0.15, 0.2) is 42.6 Å². The Kier molecular flexibility index (Phi) is 9.25. The van der Waals surface area contributed by atoms with E-state index in [1.165, 1.54) is 50.5 Å². The molecule has 1 amide bonds. The molecule has 2 fully saturated rings. The van der Waals surface area contributed by atoms with Crippen molar-refractivity contribution in [2.24, 2.45) is 0 Å². The lowest BCUT2D eigenvalue weighted by atomic mass is 9.73. The van der Waals surface area contributed by atoms with Gasteiger partial charge in [0.1, 0.15) is 6.23 Å². The molecule has 0 radical (unpaired) electrons. The second kappa shape index (κ2) is 12.9. The van der Waals surface area contributed by atoms with Crippen LogP contribution in [-0.2, 0) is 0 Å². The molecule has 9 heteroatoms. The fourth-order valence-corrected chi connectivity index (χ4v) is 7.05. The molecule has 1 aromatic carbocycles. The van der Waals surface area contributed by atoms with Crippen molar-refractivity contribution in [1.29, 1.82) is 0 Å². The molecule has 0 bridgehead atoms. The first-order valence-corrected chi connectivity index (χ1v) is 15.1. The maximum absolute atomic E-state index is 13.5. The Morgan fingerprint density at radius 3 is 2.45 bits per heavy atom. The highest BCUT2D eigenvalue weighted by Crippen LogP contribution is 2.46. The number of benzene rings is 1. The van der Waals surface area contributed by atoms with Gasteiger partial charge >= 0.3 is 6.09 Å². The molecule has 218 valence electrons. The maximum atomic E-state index is 13.5. The molecule has 2 aliphatic heterocycles.